The number of aryl methyl sites for hydroxylation is 1. The summed E-state index contributed by atoms with van der Waals surface area (Å²) in [5.74, 6) is 0.468. The van der Waals surface area contributed by atoms with Crippen LogP contribution in [-0.2, 0) is 13.0 Å². The van der Waals surface area contributed by atoms with E-state index in [4.69, 9.17) is 32.4 Å². The fourth-order valence-electron chi connectivity index (χ4n) is 2.42. The molecular weight excluding hydrogens is 335 g/mol. The summed E-state index contributed by atoms with van der Waals surface area (Å²) in [5, 5.41) is 1.95. The summed E-state index contributed by atoms with van der Waals surface area (Å²) in [6.07, 6.45) is 0.723. The van der Waals surface area contributed by atoms with Gasteiger partial charge in [0.25, 0.3) is 0 Å². The van der Waals surface area contributed by atoms with Gasteiger partial charge in [-0.15, -0.1) is 0 Å². The Kier molecular flexibility index (Phi) is 4.60. The summed E-state index contributed by atoms with van der Waals surface area (Å²) in [6.45, 7) is 2.30. The second-order valence-electron chi connectivity index (χ2n) is 5.14. The SMILES string of the molecule is CCc1cc(=O)oc2cc(OCc3cccc(Cl)c3)c(Cl)cc12. The lowest BCUT2D eigenvalue weighted by Crippen LogP contribution is -2.01. The summed E-state index contributed by atoms with van der Waals surface area (Å²) in [5.41, 5.74) is 1.93. The Hall–Kier alpha value is -1.97. The number of fused-ring (bicyclic) bond motifs is 1. The summed E-state index contributed by atoms with van der Waals surface area (Å²) in [4.78, 5) is 11.6. The lowest BCUT2D eigenvalue weighted by molar-refractivity contribution is 0.306. The van der Waals surface area contributed by atoms with Crippen LogP contribution in [0, 0.1) is 0 Å². The van der Waals surface area contributed by atoms with Gasteiger partial charge < -0.3 is 9.15 Å². The molecule has 0 aliphatic carbocycles. The van der Waals surface area contributed by atoms with Crippen molar-refractivity contribution >= 4 is 34.2 Å². The fraction of sp³-hybridized carbons (Fsp3) is 0.167. The smallest absolute Gasteiger partial charge is 0.336 e. The third kappa shape index (κ3) is 3.52. The van der Waals surface area contributed by atoms with Crippen LogP contribution in [0.4, 0.5) is 0 Å². The molecule has 0 aliphatic heterocycles. The van der Waals surface area contributed by atoms with E-state index in [1.807, 2.05) is 25.1 Å². The highest BCUT2D eigenvalue weighted by molar-refractivity contribution is 6.32. The second kappa shape index (κ2) is 6.65. The molecule has 1 heterocycles. The van der Waals surface area contributed by atoms with Crippen molar-refractivity contribution in [3.05, 3.63) is 74.1 Å². The van der Waals surface area contributed by atoms with Gasteiger partial charge in [0.15, 0.2) is 0 Å². The van der Waals surface area contributed by atoms with Gasteiger partial charge in [-0.2, -0.15) is 0 Å². The predicted octanol–water partition coefficient (Wildman–Crippen LogP) is 5.24. The molecule has 118 valence electrons. The number of ether oxygens (including phenoxy) is 1. The molecule has 0 amide bonds. The van der Waals surface area contributed by atoms with Crippen molar-refractivity contribution < 1.29 is 9.15 Å². The first-order valence-corrected chi connectivity index (χ1v) is 7.96. The van der Waals surface area contributed by atoms with Crippen molar-refractivity contribution in [2.75, 3.05) is 0 Å². The number of halogens is 2. The van der Waals surface area contributed by atoms with Gasteiger partial charge in [-0.05, 0) is 35.7 Å². The highest BCUT2D eigenvalue weighted by atomic mass is 35.5. The van der Waals surface area contributed by atoms with Crippen LogP contribution in [0.15, 0.2) is 51.7 Å². The van der Waals surface area contributed by atoms with Gasteiger partial charge in [0.05, 0.1) is 5.02 Å². The van der Waals surface area contributed by atoms with Crippen LogP contribution >= 0.6 is 23.2 Å². The molecule has 0 spiro atoms. The van der Waals surface area contributed by atoms with Crippen LogP contribution in [0.3, 0.4) is 0 Å². The average Bonchev–Trinajstić information content (AvgIpc) is 2.52. The van der Waals surface area contributed by atoms with E-state index in [1.165, 1.54) is 6.07 Å². The molecule has 0 N–H and O–H groups in total. The molecule has 0 atom stereocenters. The molecule has 2 aromatic carbocycles. The van der Waals surface area contributed by atoms with Crippen molar-refractivity contribution in [1.29, 1.82) is 0 Å². The minimum Gasteiger partial charge on any atom is -0.487 e. The number of benzene rings is 2. The minimum absolute atomic E-state index is 0.323. The van der Waals surface area contributed by atoms with E-state index in [1.54, 1.807) is 18.2 Å². The Labute approximate surface area is 143 Å². The third-order valence-electron chi connectivity index (χ3n) is 3.55. The standard InChI is InChI=1S/C18H14Cl2O3/c1-2-12-7-18(21)23-16-9-17(15(20)8-14(12)16)22-10-11-4-3-5-13(19)6-11/h3-9H,2,10H2,1H3. The van der Waals surface area contributed by atoms with Gasteiger partial charge in [-0.1, -0.05) is 42.3 Å². The minimum atomic E-state index is -0.377. The van der Waals surface area contributed by atoms with Crippen LogP contribution in [0.25, 0.3) is 11.0 Å². The van der Waals surface area contributed by atoms with Crippen molar-refractivity contribution in [3.8, 4) is 5.75 Å². The maximum Gasteiger partial charge on any atom is 0.336 e. The van der Waals surface area contributed by atoms with Gasteiger partial charge in [0.2, 0.25) is 0 Å². The Morgan fingerprint density at radius 3 is 2.70 bits per heavy atom. The number of hydrogen-bond donors (Lipinski definition) is 0. The third-order valence-corrected chi connectivity index (χ3v) is 4.08. The average molecular weight is 349 g/mol. The Balaban J connectivity index is 1.95. The first kappa shape index (κ1) is 15.9. The van der Waals surface area contributed by atoms with Crippen LogP contribution in [0.2, 0.25) is 10.0 Å². The van der Waals surface area contributed by atoms with Crippen LogP contribution in [-0.4, -0.2) is 0 Å². The Morgan fingerprint density at radius 1 is 1.13 bits per heavy atom. The zero-order valence-electron chi connectivity index (χ0n) is 12.4. The van der Waals surface area contributed by atoms with E-state index in [0.717, 1.165) is 22.9 Å². The lowest BCUT2D eigenvalue weighted by atomic mass is 10.1. The first-order valence-electron chi connectivity index (χ1n) is 7.20. The molecule has 0 bridgehead atoms. The Morgan fingerprint density at radius 2 is 1.96 bits per heavy atom. The fourth-order valence-corrected chi connectivity index (χ4v) is 2.85. The number of rotatable bonds is 4. The zero-order chi connectivity index (χ0) is 16.4. The normalized spacial score (nSPS) is 10.9. The molecule has 0 saturated carbocycles. The molecule has 1 aromatic heterocycles. The Bertz CT molecular complexity index is 916. The van der Waals surface area contributed by atoms with Gasteiger partial charge in [-0.3, -0.25) is 0 Å². The van der Waals surface area contributed by atoms with Crippen molar-refractivity contribution in [3.63, 3.8) is 0 Å². The molecule has 3 aromatic rings. The van der Waals surface area contributed by atoms with Gasteiger partial charge in [0, 0.05) is 22.5 Å². The molecule has 0 radical (unpaired) electrons. The van der Waals surface area contributed by atoms with Crippen molar-refractivity contribution in [2.24, 2.45) is 0 Å². The van der Waals surface area contributed by atoms with Crippen molar-refractivity contribution in [1.82, 2.24) is 0 Å². The first-order chi connectivity index (χ1) is 11.1. The second-order valence-corrected chi connectivity index (χ2v) is 5.99. The molecule has 3 nitrogen and oxygen atoms in total. The highest BCUT2D eigenvalue weighted by Crippen LogP contribution is 2.32. The highest BCUT2D eigenvalue weighted by Gasteiger charge is 2.10. The maximum atomic E-state index is 11.6. The largest absolute Gasteiger partial charge is 0.487 e. The van der Waals surface area contributed by atoms with E-state index in [-0.39, 0.29) is 5.63 Å². The van der Waals surface area contributed by atoms with Gasteiger partial charge >= 0.3 is 5.63 Å². The monoisotopic (exact) mass is 348 g/mol. The van der Waals surface area contributed by atoms with E-state index in [0.29, 0.717) is 28.0 Å². The maximum absolute atomic E-state index is 11.6. The van der Waals surface area contributed by atoms with Crippen molar-refractivity contribution in [2.45, 2.75) is 20.0 Å². The zero-order valence-corrected chi connectivity index (χ0v) is 13.9. The van der Waals surface area contributed by atoms with Crippen LogP contribution < -0.4 is 10.4 Å². The summed E-state index contributed by atoms with van der Waals surface area (Å²) in [6, 6.07) is 12.3. The van der Waals surface area contributed by atoms with Gasteiger partial charge in [0.1, 0.15) is 17.9 Å². The summed E-state index contributed by atoms with van der Waals surface area (Å²) >= 11 is 12.3. The van der Waals surface area contributed by atoms with Gasteiger partial charge in [-0.25, -0.2) is 4.79 Å². The molecule has 5 heteroatoms. The number of hydrogen-bond acceptors (Lipinski definition) is 3. The summed E-state index contributed by atoms with van der Waals surface area (Å²) in [7, 11) is 0. The molecule has 0 saturated heterocycles. The van der Waals surface area contributed by atoms with Crippen LogP contribution in [0.5, 0.6) is 5.75 Å². The molecule has 0 unspecified atom stereocenters. The van der Waals surface area contributed by atoms with Crippen LogP contribution in [0.1, 0.15) is 18.1 Å². The van der Waals surface area contributed by atoms with E-state index in [2.05, 4.69) is 0 Å². The van der Waals surface area contributed by atoms with E-state index >= 15 is 0 Å². The lowest BCUT2D eigenvalue weighted by Gasteiger charge is -2.10. The summed E-state index contributed by atoms with van der Waals surface area (Å²) < 4.78 is 11.0. The quantitative estimate of drug-likeness (QED) is 0.605. The molecule has 3 rings (SSSR count). The van der Waals surface area contributed by atoms with E-state index < -0.39 is 0 Å². The molecule has 0 fully saturated rings. The molecular formula is C18H14Cl2O3. The van der Waals surface area contributed by atoms with E-state index in [9.17, 15) is 4.79 Å². The molecule has 23 heavy (non-hydrogen) atoms. The topological polar surface area (TPSA) is 39.4 Å². The predicted molar refractivity (Wildman–Crippen MR) is 92.7 cm³/mol. The molecule has 0 aliphatic rings.